The van der Waals surface area contributed by atoms with E-state index in [0.717, 1.165) is 11.3 Å². The van der Waals surface area contributed by atoms with Gasteiger partial charge in [0, 0.05) is 11.4 Å². The van der Waals surface area contributed by atoms with Crippen molar-refractivity contribution in [3.8, 4) is 5.75 Å². The van der Waals surface area contributed by atoms with Gasteiger partial charge in [0.25, 0.3) is 0 Å². The van der Waals surface area contributed by atoms with Crippen LogP contribution < -0.4 is 4.74 Å². The molecule has 0 fully saturated rings. The Bertz CT molecular complexity index is 363. The third-order valence-electron chi connectivity index (χ3n) is 3.05. The molecule has 1 rings (SSSR count). The van der Waals surface area contributed by atoms with Crippen molar-refractivity contribution in [3.63, 3.8) is 0 Å². The molecule has 0 aliphatic rings. The highest BCUT2D eigenvalue weighted by Crippen LogP contribution is 2.31. The van der Waals surface area contributed by atoms with E-state index in [1.54, 1.807) is 7.11 Å². The first-order chi connectivity index (χ1) is 8.01. The first-order valence-electron chi connectivity index (χ1n) is 5.91. The third kappa shape index (κ3) is 3.36. The van der Waals surface area contributed by atoms with Gasteiger partial charge in [-0.15, -0.1) is 11.6 Å². The van der Waals surface area contributed by atoms with Crippen molar-refractivity contribution in [2.45, 2.75) is 25.8 Å². The fourth-order valence-electron chi connectivity index (χ4n) is 1.86. The molecule has 0 heterocycles. The van der Waals surface area contributed by atoms with Gasteiger partial charge >= 0.3 is 0 Å². The Balaban J connectivity index is 3.15. The monoisotopic (exact) mass is 255 g/mol. The Hall–Kier alpha value is -0.730. The number of alkyl halides is 1. The fourth-order valence-corrected chi connectivity index (χ4v) is 2.30. The van der Waals surface area contributed by atoms with Crippen LogP contribution in [0.1, 0.15) is 36.9 Å². The van der Waals surface area contributed by atoms with Crippen LogP contribution in [-0.2, 0) is 0 Å². The molecule has 0 amide bonds. The largest absolute Gasteiger partial charge is 0.496 e. The Morgan fingerprint density at radius 3 is 2.35 bits per heavy atom. The van der Waals surface area contributed by atoms with E-state index in [1.165, 1.54) is 5.56 Å². The van der Waals surface area contributed by atoms with Crippen LogP contribution in [0, 0.1) is 0 Å². The minimum Gasteiger partial charge on any atom is -0.496 e. The summed E-state index contributed by atoms with van der Waals surface area (Å²) in [6.07, 6.45) is 0. The molecule has 3 heteroatoms. The SMILES string of the molecule is COc1cc(C(C)C)ccc1C(CCl)N(C)C. The zero-order valence-corrected chi connectivity index (χ0v) is 12.1. The molecule has 1 atom stereocenters. The molecule has 0 spiro atoms. The second-order valence-corrected chi connectivity index (χ2v) is 5.10. The van der Waals surface area contributed by atoms with Crippen molar-refractivity contribution in [1.82, 2.24) is 4.90 Å². The van der Waals surface area contributed by atoms with Crippen molar-refractivity contribution in [1.29, 1.82) is 0 Å². The second kappa shape index (κ2) is 6.27. The van der Waals surface area contributed by atoms with Crippen molar-refractivity contribution in [2.24, 2.45) is 0 Å². The molecule has 17 heavy (non-hydrogen) atoms. The van der Waals surface area contributed by atoms with Crippen LogP contribution in [0.25, 0.3) is 0 Å². The molecule has 0 saturated carbocycles. The van der Waals surface area contributed by atoms with E-state index in [-0.39, 0.29) is 6.04 Å². The van der Waals surface area contributed by atoms with E-state index in [9.17, 15) is 0 Å². The maximum Gasteiger partial charge on any atom is 0.123 e. The van der Waals surface area contributed by atoms with Gasteiger partial charge in [0.05, 0.1) is 13.2 Å². The number of hydrogen-bond acceptors (Lipinski definition) is 2. The molecular formula is C14H22ClNO. The molecule has 0 aliphatic heterocycles. The lowest BCUT2D eigenvalue weighted by molar-refractivity contribution is 0.311. The topological polar surface area (TPSA) is 12.5 Å². The molecule has 1 unspecified atom stereocenters. The lowest BCUT2D eigenvalue weighted by atomic mass is 9.98. The van der Waals surface area contributed by atoms with Gasteiger partial charge in [-0.25, -0.2) is 0 Å². The van der Waals surface area contributed by atoms with Gasteiger partial charge in [-0.3, -0.25) is 0 Å². The van der Waals surface area contributed by atoms with Crippen LogP contribution in [0.5, 0.6) is 5.75 Å². The highest BCUT2D eigenvalue weighted by atomic mass is 35.5. The van der Waals surface area contributed by atoms with E-state index in [4.69, 9.17) is 16.3 Å². The summed E-state index contributed by atoms with van der Waals surface area (Å²) in [5.74, 6) is 1.99. The lowest BCUT2D eigenvalue weighted by Crippen LogP contribution is -2.22. The Morgan fingerprint density at radius 2 is 1.94 bits per heavy atom. The molecule has 0 aliphatic carbocycles. The molecule has 0 aromatic heterocycles. The Labute approximate surface area is 110 Å². The summed E-state index contributed by atoms with van der Waals surface area (Å²) in [5.41, 5.74) is 2.44. The van der Waals surface area contributed by atoms with Crippen molar-refractivity contribution in [2.75, 3.05) is 27.1 Å². The molecule has 0 radical (unpaired) electrons. The molecule has 96 valence electrons. The van der Waals surface area contributed by atoms with E-state index in [2.05, 4.69) is 36.9 Å². The maximum atomic E-state index is 6.03. The molecule has 0 bridgehead atoms. The van der Waals surface area contributed by atoms with E-state index in [1.807, 2.05) is 14.1 Å². The fraction of sp³-hybridized carbons (Fsp3) is 0.571. The maximum absolute atomic E-state index is 6.03. The number of ether oxygens (including phenoxy) is 1. The quantitative estimate of drug-likeness (QED) is 0.745. The molecule has 1 aromatic rings. The van der Waals surface area contributed by atoms with Crippen molar-refractivity contribution in [3.05, 3.63) is 29.3 Å². The zero-order valence-electron chi connectivity index (χ0n) is 11.3. The summed E-state index contributed by atoms with van der Waals surface area (Å²) in [6, 6.07) is 6.59. The number of nitrogens with zero attached hydrogens (tertiary/aromatic N) is 1. The lowest BCUT2D eigenvalue weighted by Gasteiger charge is -2.25. The van der Waals surface area contributed by atoms with Gasteiger partial charge in [0.1, 0.15) is 5.75 Å². The number of hydrogen-bond donors (Lipinski definition) is 0. The molecule has 2 nitrogen and oxygen atoms in total. The number of methoxy groups -OCH3 is 1. The van der Waals surface area contributed by atoms with Gasteiger partial charge < -0.3 is 9.64 Å². The number of benzene rings is 1. The first kappa shape index (κ1) is 14.3. The minimum atomic E-state index is 0.188. The molecular weight excluding hydrogens is 234 g/mol. The van der Waals surface area contributed by atoms with Gasteiger partial charge in [-0.2, -0.15) is 0 Å². The molecule has 1 aromatic carbocycles. The van der Waals surface area contributed by atoms with Gasteiger partial charge in [0.15, 0.2) is 0 Å². The zero-order chi connectivity index (χ0) is 13.0. The summed E-state index contributed by atoms with van der Waals surface area (Å²) < 4.78 is 5.48. The predicted octanol–water partition coefficient (Wildman–Crippen LogP) is 3.66. The summed E-state index contributed by atoms with van der Waals surface area (Å²) >= 11 is 6.03. The predicted molar refractivity (Wildman–Crippen MR) is 74.2 cm³/mol. The van der Waals surface area contributed by atoms with Crippen LogP contribution in [0.2, 0.25) is 0 Å². The van der Waals surface area contributed by atoms with E-state index >= 15 is 0 Å². The number of halogens is 1. The first-order valence-corrected chi connectivity index (χ1v) is 6.45. The minimum absolute atomic E-state index is 0.188. The average Bonchev–Trinajstić information content (AvgIpc) is 2.29. The van der Waals surface area contributed by atoms with Gasteiger partial charge in [0.2, 0.25) is 0 Å². The van der Waals surface area contributed by atoms with Crippen molar-refractivity contribution < 1.29 is 4.74 Å². The van der Waals surface area contributed by atoms with Crippen LogP contribution >= 0.6 is 11.6 Å². The summed E-state index contributed by atoms with van der Waals surface area (Å²) in [7, 11) is 5.77. The summed E-state index contributed by atoms with van der Waals surface area (Å²) in [5, 5.41) is 0. The van der Waals surface area contributed by atoms with Crippen LogP contribution in [-0.4, -0.2) is 32.0 Å². The standard InChI is InChI=1S/C14H22ClNO/c1-10(2)11-6-7-12(14(8-11)17-5)13(9-15)16(3)4/h6-8,10,13H,9H2,1-5H3. The van der Waals surface area contributed by atoms with Crippen LogP contribution in [0.15, 0.2) is 18.2 Å². The Morgan fingerprint density at radius 1 is 1.29 bits per heavy atom. The van der Waals surface area contributed by atoms with Crippen LogP contribution in [0.4, 0.5) is 0 Å². The number of rotatable bonds is 5. The third-order valence-corrected chi connectivity index (χ3v) is 3.35. The molecule has 0 saturated heterocycles. The second-order valence-electron chi connectivity index (χ2n) is 4.79. The normalized spacial score (nSPS) is 13.2. The Kier molecular flexibility index (Phi) is 5.29. The highest BCUT2D eigenvalue weighted by Gasteiger charge is 2.18. The van der Waals surface area contributed by atoms with E-state index < -0.39 is 0 Å². The van der Waals surface area contributed by atoms with Gasteiger partial charge in [-0.05, 0) is 31.6 Å². The van der Waals surface area contributed by atoms with Crippen molar-refractivity contribution >= 4 is 11.6 Å². The molecule has 0 N–H and O–H groups in total. The average molecular weight is 256 g/mol. The summed E-state index contributed by atoms with van der Waals surface area (Å²) in [6.45, 7) is 4.36. The van der Waals surface area contributed by atoms with Gasteiger partial charge in [-0.1, -0.05) is 26.0 Å². The van der Waals surface area contributed by atoms with E-state index in [0.29, 0.717) is 11.8 Å². The highest BCUT2D eigenvalue weighted by molar-refractivity contribution is 6.18. The summed E-state index contributed by atoms with van der Waals surface area (Å²) in [4.78, 5) is 2.11. The smallest absolute Gasteiger partial charge is 0.123 e. The van der Waals surface area contributed by atoms with Crippen LogP contribution in [0.3, 0.4) is 0 Å².